The highest BCUT2D eigenvalue weighted by atomic mass is 32.1. The summed E-state index contributed by atoms with van der Waals surface area (Å²) in [6.07, 6.45) is -7.37. The smallest absolute Gasteiger partial charge is 0.425 e. The van der Waals surface area contributed by atoms with Crippen molar-refractivity contribution in [2.45, 2.75) is 50.2 Å². The topological polar surface area (TPSA) is 142 Å². The minimum absolute atomic E-state index is 0.0859. The number of pyridine rings is 1. The number of ether oxygens (including phenoxy) is 2. The Kier molecular flexibility index (Phi) is 8.67. The van der Waals surface area contributed by atoms with Gasteiger partial charge in [-0.1, -0.05) is 0 Å². The van der Waals surface area contributed by atoms with Gasteiger partial charge in [0.2, 0.25) is 11.5 Å². The summed E-state index contributed by atoms with van der Waals surface area (Å²) in [7, 11) is 1.35. The molecule has 10 nitrogen and oxygen atoms in total. The predicted octanol–water partition coefficient (Wildman–Crippen LogP) is 5.13. The number of primary amides is 1. The molecule has 246 valence electrons. The quantitative estimate of drug-likeness (QED) is 0.188. The molecule has 0 radical (unpaired) electrons. The molecule has 1 aliphatic carbocycles. The van der Waals surface area contributed by atoms with Crippen LogP contribution in [0.2, 0.25) is 0 Å². The molecule has 5 rings (SSSR count). The Morgan fingerprint density at radius 2 is 1.87 bits per heavy atom. The first-order chi connectivity index (χ1) is 21.6. The minimum Gasteiger partial charge on any atom is -0.494 e. The van der Waals surface area contributed by atoms with Gasteiger partial charge in [0.1, 0.15) is 27.6 Å². The molecule has 0 aliphatic heterocycles. The number of carbonyl (C=O) groups excluding carboxylic acids is 2. The molecule has 2 amide bonds. The number of hydrogen-bond donors (Lipinski definition) is 3. The van der Waals surface area contributed by atoms with E-state index in [0.717, 1.165) is 25.0 Å². The molecule has 0 bridgehead atoms. The van der Waals surface area contributed by atoms with E-state index in [0.29, 0.717) is 17.0 Å². The summed E-state index contributed by atoms with van der Waals surface area (Å²) in [5.41, 5.74) is -0.0287. The molecule has 0 unspecified atom stereocenters. The van der Waals surface area contributed by atoms with Crippen molar-refractivity contribution in [2.24, 2.45) is 5.73 Å². The molecule has 1 saturated carbocycles. The van der Waals surface area contributed by atoms with E-state index < -0.39 is 59.0 Å². The number of aliphatic hydroxyl groups is 1. The first-order valence-corrected chi connectivity index (χ1v) is 14.6. The van der Waals surface area contributed by atoms with Crippen LogP contribution in [-0.4, -0.2) is 58.1 Å². The van der Waals surface area contributed by atoms with Crippen molar-refractivity contribution < 1.29 is 50.5 Å². The SMILES string of the molecule is CCOc1c(CC(N)=O)cc([C@@](O)(CNC(=O)c2cc(OC)c3nn(C4CC4)cc3c2)C(F)(F)F)nc1-c1ccc(C(F)(F)F)s1. The average Bonchev–Trinajstić information content (AvgIpc) is 3.52. The molecule has 1 aromatic carbocycles. The van der Waals surface area contributed by atoms with Gasteiger partial charge in [-0.2, -0.15) is 31.4 Å². The van der Waals surface area contributed by atoms with Crippen molar-refractivity contribution in [3.05, 3.63) is 58.2 Å². The van der Waals surface area contributed by atoms with Crippen LogP contribution >= 0.6 is 11.3 Å². The van der Waals surface area contributed by atoms with E-state index in [2.05, 4.69) is 15.4 Å². The summed E-state index contributed by atoms with van der Waals surface area (Å²) < 4.78 is 96.7. The van der Waals surface area contributed by atoms with Crippen molar-refractivity contribution in [3.63, 3.8) is 0 Å². The van der Waals surface area contributed by atoms with Gasteiger partial charge in [-0.3, -0.25) is 14.3 Å². The normalized spacial score (nSPS) is 15.1. The number of nitrogens with one attached hydrogen (secondary N) is 1. The van der Waals surface area contributed by atoms with Gasteiger partial charge in [0, 0.05) is 22.7 Å². The van der Waals surface area contributed by atoms with Crippen LogP contribution in [0.1, 0.15) is 52.3 Å². The number of alkyl halides is 6. The van der Waals surface area contributed by atoms with Gasteiger partial charge in [0.05, 0.1) is 43.3 Å². The van der Waals surface area contributed by atoms with E-state index in [9.17, 15) is 41.0 Å². The van der Waals surface area contributed by atoms with Crippen LogP contribution in [0.5, 0.6) is 11.5 Å². The molecule has 46 heavy (non-hydrogen) atoms. The van der Waals surface area contributed by atoms with Crippen molar-refractivity contribution in [2.75, 3.05) is 20.3 Å². The summed E-state index contributed by atoms with van der Waals surface area (Å²) >= 11 is 0.180. The lowest BCUT2D eigenvalue weighted by Gasteiger charge is -2.31. The summed E-state index contributed by atoms with van der Waals surface area (Å²) in [5.74, 6) is -2.07. The number of methoxy groups -OCH3 is 1. The number of thiophene rings is 1. The first-order valence-electron chi connectivity index (χ1n) is 13.8. The summed E-state index contributed by atoms with van der Waals surface area (Å²) in [4.78, 5) is 27.6. The van der Waals surface area contributed by atoms with E-state index >= 15 is 0 Å². The zero-order valence-electron chi connectivity index (χ0n) is 24.3. The second kappa shape index (κ2) is 12.1. The molecule has 1 atom stereocenters. The van der Waals surface area contributed by atoms with E-state index in [1.165, 1.54) is 26.2 Å². The molecule has 4 aromatic rings. The fourth-order valence-electron chi connectivity index (χ4n) is 4.79. The van der Waals surface area contributed by atoms with Crippen LogP contribution in [0.15, 0.2) is 36.5 Å². The molecule has 3 aromatic heterocycles. The lowest BCUT2D eigenvalue weighted by Crippen LogP contribution is -2.51. The summed E-state index contributed by atoms with van der Waals surface area (Å²) in [6.45, 7) is -0.0396. The van der Waals surface area contributed by atoms with Gasteiger partial charge in [-0.05, 0) is 50.1 Å². The van der Waals surface area contributed by atoms with Gasteiger partial charge < -0.3 is 25.6 Å². The maximum absolute atomic E-state index is 14.7. The number of carbonyl (C=O) groups is 2. The third-order valence-electron chi connectivity index (χ3n) is 7.21. The number of hydrogen-bond acceptors (Lipinski definition) is 8. The third-order valence-corrected chi connectivity index (χ3v) is 8.35. The predicted molar refractivity (Wildman–Crippen MR) is 153 cm³/mol. The lowest BCUT2D eigenvalue weighted by molar-refractivity contribution is -0.265. The maximum Gasteiger partial charge on any atom is 0.425 e. The number of rotatable bonds is 11. The maximum atomic E-state index is 14.7. The molecule has 0 saturated heterocycles. The van der Waals surface area contributed by atoms with Gasteiger partial charge in [0.25, 0.3) is 5.91 Å². The van der Waals surface area contributed by atoms with Crippen LogP contribution < -0.4 is 20.5 Å². The highest BCUT2D eigenvalue weighted by Crippen LogP contribution is 2.45. The van der Waals surface area contributed by atoms with Gasteiger partial charge in [-0.25, -0.2) is 4.98 Å². The Morgan fingerprint density at radius 1 is 1.15 bits per heavy atom. The minimum atomic E-state index is -5.47. The van der Waals surface area contributed by atoms with Gasteiger partial charge in [0.15, 0.2) is 0 Å². The molecule has 17 heteroatoms. The highest BCUT2D eigenvalue weighted by Gasteiger charge is 2.57. The summed E-state index contributed by atoms with van der Waals surface area (Å²) in [5, 5.41) is 18.2. The van der Waals surface area contributed by atoms with E-state index in [1.54, 1.807) is 10.9 Å². The van der Waals surface area contributed by atoms with E-state index in [1.807, 2.05) is 0 Å². The van der Waals surface area contributed by atoms with Crippen molar-refractivity contribution in [3.8, 4) is 22.1 Å². The molecule has 0 spiro atoms. The number of amides is 2. The zero-order chi connectivity index (χ0) is 33.6. The lowest BCUT2D eigenvalue weighted by atomic mass is 9.94. The van der Waals surface area contributed by atoms with Crippen molar-refractivity contribution in [1.82, 2.24) is 20.1 Å². The molecule has 1 aliphatic rings. The fourth-order valence-corrected chi connectivity index (χ4v) is 5.65. The number of aromatic nitrogens is 3. The highest BCUT2D eigenvalue weighted by molar-refractivity contribution is 7.15. The monoisotopic (exact) mass is 671 g/mol. The number of nitrogens with zero attached hydrogens (tertiary/aromatic N) is 3. The number of halogens is 6. The second-order valence-electron chi connectivity index (χ2n) is 10.6. The number of fused-ring (bicyclic) bond motifs is 1. The fraction of sp³-hybridized carbons (Fsp3) is 0.379. The Morgan fingerprint density at radius 3 is 2.43 bits per heavy atom. The van der Waals surface area contributed by atoms with Crippen LogP contribution in [0.25, 0.3) is 21.5 Å². The Hall–Kier alpha value is -4.38. The van der Waals surface area contributed by atoms with Crippen LogP contribution in [0.3, 0.4) is 0 Å². The average molecular weight is 672 g/mol. The molecular weight excluding hydrogens is 644 g/mol. The zero-order valence-corrected chi connectivity index (χ0v) is 25.1. The Labute approximate surface area is 261 Å². The first kappa shape index (κ1) is 33.0. The van der Waals surface area contributed by atoms with Crippen molar-refractivity contribution in [1.29, 1.82) is 0 Å². The van der Waals surface area contributed by atoms with Crippen LogP contribution in [-0.2, 0) is 23.0 Å². The largest absolute Gasteiger partial charge is 0.494 e. The Bertz CT molecular complexity index is 1800. The third kappa shape index (κ3) is 6.46. The molecule has 4 N–H and O–H groups in total. The van der Waals surface area contributed by atoms with Gasteiger partial charge >= 0.3 is 12.4 Å². The van der Waals surface area contributed by atoms with Crippen LogP contribution in [0.4, 0.5) is 26.3 Å². The number of benzene rings is 1. The van der Waals surface area contributed by atoms with E-state index in [4.69, 9.17) is 15.2 Å². The van der Waals surface area contributed by atoms with Crippen molar-refractivity contribution >= 4 is 34.1 Å². The number of nitrogens with two attached hydrogens (primary N) is 1. The molecule has 1 fully saturated rings. The standard InChI is InChI=1S/C29H27F6N5O5S/c1-3-45-25-14(11-22(36)41)10-20(38-24(25)19-6-7-21(46-19)28(30,31)32)27(43,29(33,34)35)13-37-26(42)15-8-16-12-40(17-4-5-17)39-23(16)18(9-15)44-2/h6-10,12,17,43H,3-5,11,13H2,1-2H3,(H2,36,41)(H,37,42)/t27-/m0/s1. The Balaban J connectivity index is 1.55. The molecule has 3 heterocycles. The van der Waals surface area contributed by atoms with Gasteiger partial charge in [-0.15, -0.1) is 11.3 Å². The van der Waals surface area contributed by atoms with Crippen LogP contribution in [0, 0.1) is 0 Å². The summed E-state index contributed by atoms with van der Waals surface area (Å²) in [6, 6.07) is 5.35. The second-order valence-corrected chi connectivity index (χ2v) is 11.7. The van der Waals surface area contributed by atoms with E-state index in [-0.39, 0.29) is 51.5 Å². The molecular formula is C29H27F6N5O5S.